The number of hydrogen-bond donors (Lipinski definition) is 1. The van der Waals surface area contributed by atoms with Gasteiger partial charge in [-0.25, -0.2) is 0 Å². The highest BCUT2D eigenvalue weighted by molar-refractivity contribution is 5.88. The third kappa shape index (κ3) is 3.78. The number of amides is 1. The van der Waals surface area contributed by atoms with Crippen LogP contribution in [0.15, 0.2) is 48.5 Å². The second-order valence-corrected chi connectivity index (χ2v) is 7.07. The molecule has 0 saturated carbocycles. The summed E-state index contributed by atoms with van der Waals surface area (Å²) >= 11 is 0. The lowest BCUT2D eigenvalue weighted by atomic mass is 9.73. The normalized spacial score (nSPS) is 18.4. The van der Waals surface area contributed by atoms with Gasteiger partial charge in [0, 0.05) is 26.2 Å². The first-order valence-electron chi connectivity index (χ1n) is 9.58. The fraction of sp³-hybridized carbons (Fsp3) is 0.409. The van der Waals surface area contributed by atoms with Crippen molar-refractivity contribution in [3.05, 3.63) is 59.7 Å². The van der Waals surface area contributed by atoms with Crippen molar-refractivity contribution in [2.24, 2.45) is 0 Å². The van der Waals surface area contributed by atoms with Gasteiger partial charge in [-0.3, -0.25) is 4.79 Å². The molecule has 1 N–H and O–H groups in total. The molecule has 1 fully saturated rings. The van der Waals surface area contributed by atoms with Gasteiger partial charge in [0.15, 0.2) is 11.5 Å². The lowest BCUT2D eigenvalue weighted by molar-refractivity contribution is -0.130. The van der Waals surface area contributed by atoms with Crippen molar-refractivity contribution < 1.29 is 19.0 Å². The number of nitrogens with one attached hydrogen (secondary N) is 1. The van der Waals surface area contributed by atoms with E-state index in [4.69, 9.17) is 14.2 Å². The Bertz CT molecular complexity index is 784. The molecule has 1 amide bonds. The van der Waals surface area contributed by atoms with Crippen molar-refractivity contribution in [3.8, 4) is 11.5 Å². The molecule has 0 aromatic heterocycles. The van der Waals surface area contributed by atoms with Crippen LogP contribution in [0.3, 0.4) is 0 Å². The average Bonchev–Trinajstić information content (AvgIpc) is 2.98. The Balaban J connectivity index is 1.50. The largest absolute Gasteiger partial charge is 0.490 e. The van der Waals surface area contributed by atoms with Gasteiger partial charge in [0.25, 0.3) is 0 Å². The number of carbonyl (C=O) groups is 1. The van der Waals surface area contributed by atoms with E-state index in [-0.39, 0.29) is 5.91 Å². The van der Waals surface area contributed by atoms with Crippen molar-refractivity contribution in [3.63, 3.8) is 0 Å². The number of fused-ring (bicyclic) bond motifs is 1. The van der Waals surface area contributed by atoms with Gasteiger partial charge in [-0.1, -0.05) is 36.4 Å². The highest BCUT2D eigenvalue weighted by Crippen LogP contribution is 2.35. The predicted octanol–water partition coefficient (Wildman–Crippen LogP) is 3.21. The SMILES string of the molecule is O=C(NCc1ccc2c(c1)OCCCO2)C1(c2ccccc2)CCOCC1. The molecule has 2 heterocycles. The van der Waals surface area contributed by atoms with Crippen LogP contribution in [0.5, 0.6) is 11.5 Å². The summed E-state index contributed by atoms with van der Waals surface area (Å²) in [4.78, 5) is 13.2. The second-order valence-electron chi connectivity index (χ2n) is 7.07. The molecule has 1 saturated heterocycles. The molecule has 2 aliphatic rings. The zero-order valence-electron chi connectivity index (χ0n) is 15.4. The van der Waals surface area contributed by atoms with Gasteiger partial charge in [-0.2, -0.15) is 0 Å². The maximum absolute atomic E-state index is 13.2. The van der Waals surface area contributed by atoms with Crippen LogP contribution in [0.2, 0.25) is 0 Å². The van der Waals surface area contributed by atoms with E-state index >= 15 is 0 Å². The van der Waals surface area contributed by atoms with Crippen molar-refractivity contribution in [1.82, 2.24) is 5.32 Å². The summed E-state index contributed by atoms with van der Waals surface area (Å²) in [5, 5.41) is 3.14. The quantitative estimate of drug-likeness (QED) is 0.902. The van der Waals surface area contributed by atoms with E-state index in [0.29, 0.717) is 45.8 Å². The van der Waals surface area contributed by atoms with E-state index in [0.717, 1.165) is 29.0 Å². The second kappa shape index (κ2) is 8.01. The Hall–Kier alpha value is -2.53. The van der Waals surface area contributed by atoms with Crippen LogP contribution in [0.1, 0.15) is 30.4 Å². The summed E-state index contributed by atoms with van der Waals surface area (Å²) in [5.41, 5.74) is 1.54. The summed E-state index contributed by atoms with van der Waals surface area (Å²) in [5.74, 6) is 1.58. The summed E-state index contributed by atoms with van der Waals surface area (Å²) in [6, 6.07) is 15.9. The minimum absolute atomic E-state index is 0.0594. The van der Waals surface area contributed by atoms with Crippen molar-refractivity contribution in [2.45, 2.75) is 31.2 Å². The smallest absolute Gasteiger partial charge is 0.231 e. The number of hydrogen-bond acceptors (Lipinski definition) is 4. The molecular weight excluding hydrogens is 342 g/mol. The number of rotatable bonds is 4. The van der Waals surface area contributed by atoms with Crippen LogP contribution >= 0.6 is 0 Å². The molecule has 2 aliphatic heterocycles. The molecule has 5 nitrogen and oxygen atoms in total. The van der Waals surface area contributed by atoms with Gasteiger partial charge >= 0.3 is 0 Å². The molecule has 0 bridgehead atoms. The van der Waals surface area contributed by atoms with E-state index < -0.39 is 5.41 Å². The standard InChI is InChI=1S/C22H25NO4/c24-21(22(9-13-25-14-10-22)18-5-2-1-3-6-18)23-16-17-7-8-19-20(15-17)27-12-4-11-26-19/h1-3,5-8,15H,4,9-14,16H2,(H,23,24). The van der Waals surface area contributed by atoms with Gasteiger partial charge in [0.05, 0.1) is 18.6 Å². The van der Waals surface area contributed by atoms with Crippen LogP contribution in [0.25, 0.3) is 0 Å². The highest BCUT2D eigenvalue weighted by Gasteiger charge is 2.41. The van der Waals surface area contributed by atoms with Gasteiger partial charge in [0.1, 0.15) is 0 Å². The zero-order valence-corrected chi connectivity index (χ0v) is 15.4. The maximum Gasteiger partial charge on any atom is 0.231 e. The van der Waals surface area contributed by atoms with Crippen molar-refractivity contribution >= 4 is 5.91 Å². The van der Waals surface area contributed by atoms with E-state index in [1.54, 1.807) is 0 Å². The first-order chi connectivity index (χ1) is 13.3. The molecule has 5 heteroatoms. The number of ether oxygens (including phenoxy) is 3. The fourth-order valence-electron chi connectivity index (χ4n) is 3.79. The number of benzene rings is 2. The minimum atomic E-state index is -0.523. The summed E-state index contributed by atoms with van der Waals surface area (Å²) in [6.07, 6.45) is 2.27. The molecule has 4 rings (SSSR count). The maximum atomic E-state index is 13.2. The molecule has 0 aliphatic carbocycles. The molecule has 0 radical (unpaired) electrons. The topological polar surface area (TPSA) is 56.8 Å². The minimum Gasteiger partial charge on any atom is -0.490 e. The fourth-order valence-corrected chi connectivity index (χ4v) is 3.79. The van der Waals surface area contributed by atoms with Gasteiger partial charge in [-0.05, 0) is 36.1 Å². The molecule has 2 aromatic carbocycles. The van der Waals surface area contributed by atoms with E-state index in [1.807, 2.05) is 48.5 Å². The van der Waals surface area contributed by atoms with Crippen molar-refractivity contribution in [1.29, 1.82) is 0 Å². The Morgan fingerprint density at radius 1 is 0.926 bits per heavy atom. The van der Waals surface area contributed by atoms with E-state index in [2.05, 4.69) is 5.32 Å². The van der Waals surface area contributed by atoms with Crippen LogP contribution in [-0.2, 0) is 21.5 Å². The van der Waals surface area contributed by atoms with Crippen LogP contribution in [0, 0.1) is 0 Å². The Kier molecular flexibility index (Phi) is 5.30. The number of carbonyl (C=O) groups excluding carboxylic acids is 1. The average molecular weight is 367 g/mol. The van der Waals surface area contributed by atoms with E-state index in [1.165, 1.54) is 0 Å². The van der Waals surface area contributed by atoms with Gasteiger partial charge in [0.2, 0.25) is 5.91 Å². The zero-order chi connectivity index (χ0) is 18.5. The summed E-state index contributed by atoms with van der Waals surface area (Å²) in [6.45, 7) is 2.99. The molecular formula is C22H25NO4. The Labute approximate surface area is 159 Å². The summed E-state index contributed by atoms with van der Waals surface area (Å²) in [7, 11) is 0. The third-order valence-corrected chi connectivity index (χ3v) is 5.37. The van der Waals surface area contributed by atoms with E-state index in [9.17, 15) is 4.79 Å². The first-order valence-corrected chi connectivity index (χ1v) is 9.58. The highest BCUT2D eigenvalue weighted by atomic mass is 16.5. The lowest BCUT2D eigenvalue weighted by Crippen LogP contribution is -2.47. The van der Waals surface area contributed by atoms with Crippen LogP contribution in [0.4, 0.5) is 0 Å². The molecule has 0 spiro atoms. The van der Waals surface area contributed by atoms with Gasteiger partial charge in [-0.15, -0.1) is 0 Å². The van der Waals surface area contributed by atoms with Crippen molar-refractivity contribution in [2.75, 3.05) is 26.4 Å². The van der Waals surface area contributed by atoms with Crippen LogP contribution < -0.4 is 14.8 Å². The molecule has 0 atom stereocenters. The lowest BCUT2D eigenvalue weighted by Gasteiger charge is -2.36. The summed E-state index contributed by atoms with van der Waals surface area (Å²) < 4.78 is 16.9. The third-order valence-electron chi connectivity index (χ3n) is 5.37. The molecule has 0 unspecified atom stereocenters. The molecule has 2 aromatic rings. The first kappa shape index (κ1) is 17.9. The van der Waals surface area contributed by atoms with Gasteiger partial charge < -0.3 is 19.5 Å². The Morgan fingerprint density at radius 3 is 2.44 bits per heavy atom. The molecule has 27 heavy (non-hydrogen) atoms. The molecule has 142 valence electrons. The monoisotopic (exact) mass is 367 g/mol. The Morgan fingerprint density at radius 2 is 1.67 bits per heavy atom. The van der Waals surface area contributed by atoms with Crippen LogP contribution in [-0.4, -0.2) is 32.3 Å². The predicted molar refractivity (Wildman–Crippen MR) is 102 cm³/mol.